The molecule has 14 heteroatoms. The number of pyridine rings is 1. The molecule has 1 aliphatic heterocycles. The molecular formula is C40H48ClF3N4O5S. The van der Waals surface area contributed by atoms with Crippen molar-refractivity contribution >= 4 is 33.1 Å². The molecule has 0 saturated carbocycles. The van der Waals surface area contributed by atoms with Crippen molar-refractivity contribution in [3.63, 3.8) is 0 Å². The molecule has 2 atom stereocenters. The summed E-state index contributed by atoms with van der Waals surface area (Å²) >= 11 is 6.19. The topological polar surface area (TPSA) is 123 Å². The van der Waals surface area contributed by atoms with Gasteiger partial charge in [-0.15, -0.1) is 0 Å². The molecule has 1 aromatic heterocycles. The summed E-state index contributed by atoms with van der Waals surface area (Å²) in [4.78, 5) is 41.0. The number of alkyl halides is 2. The first-order chi connectivity index (χ1) is 25.3. The van der Waals surface area contributed by atoms with E-state index in [1.54, 1.807) is 15.5 Å². The maximum Gasteiger partial charge on any atom is 0.302 e. The molecule has 2 N–H and O–H groups in total. The third kappa shape index (κ3) is 12.1. The van der Waals surface area contributed by atoms with Gasteiger partial charge in [0.1, 0.15) is 16.3 Å². The van der Waals surface area contributed by atoms with Gasteiger partial charge in [0.25, 0.3) is 11.5 Å². The van der Waals surface area contributed by atoms with Crippen molar-refractivity contribution in [1.82, 2.24) is 14.4 Å². The van der Waals surface area contributed by atoms with Gasteiger partial charge in [0.2, 0.25) is 0 Å². The highest BCUT2D eigenvalue weighted by Crippen LogP contribution is 2.35. The minimum atomic E-state index is -3.41. The monoisotopic (exact) mass is 788 g/mol. The second-order valence-corrected chi connectivity index (χ2v) is 15.7. The standard InChI is InChI=1S/C29H35ClN4O2.C7H7FO2S.C4H6F2O/c1-20-4-7-23(8-5-20)22(3)27(24-9-11-25(30)12-10-24)34-21(2)6-13-26(29(34)36)28(35)33-18-16-32(15-14-31)17-19-33;1-11(9,10)7-5-3-2-4-6(7)8;1-3(7)4(2,5)6/h4-13,22,27H,14-19,31H2,1-3H3;2-5H,1H3;1-2H3/t22-,27-;;/m1../s1. The zero-order valence-corrected chi connectivity index (χ0v) is 32.9. The van der Waals surface area contributed by atoms with Gasteiger partial charge >= 0.3 is 5.92 Å². The van der Waals surface area contributed by atoms with Crippen molar-refractivity contribution < 1.29 is 31.2 Å². The van der Waals surface area contributed by atoms with Gasteiger partial charge in [-0.3, -0.25) is 19.3 Å². The van der Waals surface area contributed by atoms with Crippen molar-refractivity contribution in [3.8, 4) is 0 Å². The number of hydrogen-bond donors (Lipinski definition) is 1. The van der Waals surface area contributed by atoms with Crippen LogP contribution in [0.1, 0.15) is 65.5 Å². The van der Waals surface area contributed by atoms with E-state index in [2.05, 4.69) is 43.0 Å². The molecular weight excluding hydrogens is 741 g/mol. The number of benzene rings is 3. The second kappa shape index (κ2) is 19.3. The number of nitrogens with zero attached hydrogens (tertiary/aromatic N) is 3. The zero-order chi connectivity index (χ0) is 40.4. The lowest BCUT2D eigenvalue weighted by Gasteiger charge is -2.34. The number of rotatable bonds is 9. The Hall–Kier alpha value is -4.30. The van der Waals surface area contributed by atoms with Crippen molar-refractivity contribution in [1.29, 1.82) is 0 Å². The van der Waals surface area contributed by atoms with E-state index >= 15 is 0 Å². The number of piperazine rings is 1. The van der Waals surface area contributed by atoms with Gasteiger partial charge in [-0.25, -0.2) is 12.8 Å². The number of carbonyl (C=O) groups excluding carboxylic acids is 2. The number of carbonyl (C=O) groups is 2. The fourth-order valence-electron chi connectivity index (χ4n) is 5.80. The molecule has 1 aliphatic rings. The highest BCUT2D eigenvalue weighted by Gasteiger charge is 2.30. The first-order valence-corrected chi connectivity index (χ1v) is 19.6. The quantitative estimate of drug-likeness (QED) is 0.201. The lowest BCUT2D eigenvalue weighted by atomic mass is 9.87. The van der Waals surface area contributed by atoms with E-state index < -0.39 is 27.4 Å². The van der Waals surface area contributed by atoms with Gasteiger partial charge in [-0.2, -0.15) is 8.78 Å². The number of sulfone groups is 1. The number of ketones is 1. The summed E-state index contributed by atoms with van der Waals surface area (Å²) in [5.41, 5.74) is 9.72. The van der Waals surface area contributed by atoms with E-state index in [4.69, 9.17) is 17.3 Å². The van der Waals surface area contributed by atoms with Crippen LogP contribution < -0.4 is 11.3 Å². The molecule has 1 saturated heterocycles. The van der Waals surface area contributed by atoms with Gasteiger partial charge < -0.3 is 15.2 Å². The Balaban J connectivity index is 0.000000357. The van der Waals surface area contributed by atoms with Crippen LogP contribution in [0.15, 0.2) is 94.6 Å². The SMILES string of the molecule is CC(=O)C(C)(F)F.CS(=O)(=O)c1ccccc1F.Cc1ccc([C@@H](C)[C@H](c2ccc(Cl)cc2)n2c(C)ccc(C(=O)N3CCN(CCN)CC3)c2=O)cc1. The minimum absolute atomic E-state index is 0.0201. The second-order valence-electron chi connectivity index (χ2n) is 13.3. The minimum Gasteiger partial charge on any atom is -0.336 e. The van der Waals surface area contributed by atoms with Crippen molar-refractivity contribution in [2.75, 3.05) is 45.5 Å². The van der Waals surface area contributed by atoms with Crippen molar-refractivity contribution in [3.05, 3.63) is 134 Å². The molecule has 0 bridgehead atoms. The molecule has 2 heterocycles. The molecule has 0 aliphatic carbocycles. The first kappa shape index (κ1) is 44.1. The molecule has 3 aromatic carbocycles. The normalized spacial score (nSPS) is 14.5. The van der Waals surface area contributed by atoms with Gasteiger partial charge in [-0.1, -0.05) is 72.6 Å². The van der Waals surface area contributed by atoms with E-state index in [0.717, 1.165) is 55.7 Å². The molecule has 0 spiro atoms. The van der Waals surface area contributed by atoms with Crippen LogP contribution in [0.25, 0.3) is 0 Å². The number of aryl methyl sites for hydroxylation is 2. The summed E-state index contributed by atoms with van der Waals surface area (Å²) < 4.78 is 59.1. The molecule has 4 aromatic rings. The highest BCUT2D eigenvalue weighted by atomic mass is 35.5. The van der Waals surface area contributed by atoms with Gasteiger partial charge in [-0.05, 0) is 61.4 Å². The van der Waals surface area contributed by atoms with Crippen LogP contribution in [0.3, 0.4) is 0 Å². The number of Topliss-reactive ketones (excluding diaryl/α,β-unsaturated/α-hetero) is 1. The highest BCUT2D eigenvalue weighted by molar-refractivity contribution is 7.90. The van der Waals surface area contributed by atoms with E-state index in [-0.39, 0.29) is 33.9 Å². The van der Waals surface area contributed by atoms with Crippen LogP contribution >= 0.6 is 11.6 Å². The Bertz CT molecular complexity index is 2050. The molecule has 1 fully saturated rings. The lowest BCUT2D eigenvalue weighted by molar-refractivity contribution is -0.138. The van der Waals surface area contributed by atoms with Crippen molar-refractivity contribution in [2.24, 2.45) is 5.73 Å². The number of hydrogen-bond acceptors (Lipinski definition) is 7. The van der Waals surface area contributed by atoms with Crippen LogP contribution in [0.4, 0.5) is 13.2 Å². The van der Waals surface area contributed by atoms with Gasteiger partial charge in [0.15, 0.2) is 15.6 Å². The average Bonchev–Trinajstić information content (AvgIpc) is 3.11. The molecule has 5 rings (SSSR count). The van der Waals surface area contributed by atoms with Gasteiger partial charge in [0.05, 0.1) is 6.04 Å². The summed E-state index contributed by atoms with van der Waals surface area (Å²) in [5, 5.41) is 0.641. The number of halogens is 4. The summed E-state index contributed by atoms with van der Waals surface area (Å²) in [6, 6.07) is 24.6. The largest absolute Gasteiger partial charge is 0.336 e. The summed E-state index contributed by atoms with van der Waals surface area (Å²) in [6.07, 6.45) is 0.978. The summed E-state index contributed by atoms with van der Waals surface area (Å²) in [6.45, 7) is 11.7. The number of nitrogens with two attached hydrogens (primary N) is 1. The molecule has 9 nitrogen and oxygen atoms in total. The predicted octanol–water partition coefficient (Wildman–Crippen LogP) is 6.69. The summed E-state index contributed by atoms with van der Waals surface area (Å²) in [7, 11) is -3.41. The molecule has 292 valence electrons. The number of amides is 1. The molecule has 0 radical (unpaired) electrons. The number of aromatic nitrogens is 1. The zero-order valence-electron chi connectivity index (χ0n) is 31.4. The van der Waals surface area contributed by atoms with Crippen molar-refractivity contribution in [2.45, 2.75) is 57.4 Å². The van der Waals surface area contributed by atoms with Crippen LogP contribution in [0.2, 0.25) is 5.02 Å². The Kier molecular flexibility index (Phi) is 15.8. The Morgan fingerprint density at radius 1 is 0.889 bits per heavy atom. The maximum atomic E-state index is 14.0. The average molecular weight is 789 g/mol. The predicted molar refractivity (Wildman–Crippen MR) is 207 cm³/mol. The smallest absolute Gasteiger partial charge is 0.302 e. The Morgan fingerprint density at radius 3 is 1.91 bits per heavy atom. The maximum absolute atomic E-state index is 14.0. The summed E-state index contributed by atoms with van der Waals surface area (Å²) in [5.74, 6) is -5.16. The molecule has 0 unspecified atom stereocenters. The van der Waals surface area contributed by atoms with Crippen LogP contribution in [0, 0.1) is 19.7 Å². The van der Waals surface area contributed by atoms with E-state index in [1.807, 2.05) is 37.3 Å². The fourth-order valence-corrected chi connectivity index (χ4v) is 6.67. The van der Waals surface area contributed by atoms with Gasteiger partial charge in [0, 0.05) is 76.0 Å². The fraction of sp³-hybridized carbons (Fsp3) is 0.375. The Morgan fingerprint density at radius 2 is 1.43 bits per heavy atom. The van der Waals surface area contributed by atoms with E-state index in [1.165, 1.54) is 23.8 Å². The Labute approximate surface area is 320 Å². The third-order valence-electron chi connectivity index (χ3n) is 9.08. The van der Waals surface area contributed by atoms with Crippen LogP contribution in [0.5, 0.6) is 0 Å². The van der Waals surface area contributed by atoms with Crippen LogP contribution in [-0.2, 0) is 14.6 Å². The molecule has 1 amide bonds. The van der Waals surface area contributed by atoms with E-state index in [0.29, 0.717) is 31.6 Å². The third-order valence-corrected chi connectivity index (χ3v) is 10.5. The van der Waals surface area contributed by atoms with E-state index in [9.17, 15) is 36.0 Å². The first-order valence-electron chi connectivity index (χ1n) is 17.4. The molecule has 54 heavy (non-hydrogen) atoms. The van der Waals surface area contributed by atoms with Crippen LogP contribution in [-0.4, -0.2) is 85.9 Å². The lowest BCUT2D eigenvalue weighted by Crippen LogP contribution is -2.50.